The molecule has 5 nitrogen and oxygen atoms in total. The molecule has 8 heteroatoms. The molecule has 2 atom stereocenters. The third-order valence-corrected chi connectivity index (χ3v) is 6.88. The first-order chi connectivity index (χ1) is 15.3. The monoisotopic (exact) mass is 479 g/mol. The first-order valence-corrected chi connectivity index (χ1v) is 11.5. The molecule has 32 heavy (non-hydrogen) atoms. The highest BCUT2D eigenvalue weighted by atomic mass is 35.5. The van der Waals surface area contributed by atoms with Crippen molar-refractivity contribution in [1.29, 1.82) is 0 Å². The number of carbonyl (C=O) groups is 2. The fourth-order valence-electron chi connectivity index (χ4n) is 4.69. The highest BCUT2D eigenvalue weighted by molar-refractivity contribution is 6.31. The summed E-state index contributed by atoms with van der Waals surface area (Å²) in [6.07, 6.45) is 5.14. The van der Waals surface area contributed by atoms with Crippen LogP contribution in [0.5, 0.6) is 0 Å². The number of benzene rings is 2. The van der Waals surface area contributed by atoms with E-state index >= 15 is 0 Å². The summed E-state index contributed by atoms with van der Waals surface area (Å²) >= 11 is 12.2. The average molecular weight is 480 g/mol. The van der Waals surface area contributed by atoms with Crippen LogP contribution >= 0.6 is 23.2 Å². The minimum atomic E-state index is -0.731. The van der Waals surface area contributed by atoms with E-state index in [9.17, 15) is 14.0 Å². The van der Waals surface area contributed by atoms with Gasteiger partial charge in [0.05, 0.1) is 11.1 Å². The topological polar surface area (TPSA) is 70.2 Å². The Balaban J connectivity index is 2.08. The van der Waals surface area contributed by atoms with E-state index in [0.717, 1.165) is 37.7 Å². The van der Waals surface area contributed by atoms with Gasteiger partial charge in [-0.25, -0.2) is 4.39 Å². The highest BCUT2D eigenvalue weighted by Crippen LogP contribution is 2.42. The Labute approximate surface area is 198 Å². The van der Waals surface area contributed by atoms with Crippen LogP contribution in [0.25, 0.3) is 0 Å². The maximum absolute atomic E-state index is 14.8. The van der Waals surface area contributed by atoms with Crippen LogP contribution in [0.4, 0.5) is 10.1 Å². The summed E-state index contributed by atoms with van der Waals surface area (Å²) in [4.78, 5) is 24.3. The van der Waals surface area contributed by atoms with Gasteiger partial charge in [0.15, 0.2) is 0 Å². The lowest BCUT2D eigenvalue weighted by Gasteiger charge is -2.43. The summed E-state index contributed by atoms with van der Waals surface area (Å²) in [5.41, 5.74) is 1.24. The Kier molecular flexibility index (Phi) is 8.15. The van der Waals surface area contributed by atoms with Gasteiger partial charge in [-0.15, -0.1) is 0 Å². The van der Waals surface area contributed by atoms with Gasteiger partial charge in [0.25, 0.3) is 0 Å². The summed E-state index contributed by atoms with van der Waals surface area (Å²) in [5.74, 6) is -1.27. The van der Waals surface area contributed by atoms with Crippen LogP contribution in [0, 0.1) is 5.82 Å². The number of likely N-dealkylation sites (N-methyl/N-ethyl adjacent to an activating group) is 1. The molecule has 2 aromatic rings. The van der Waals surface area contributed by atoms with E-state index in [1.54, 1.807) is 31.3 Å². The molecule has 1 fully saturated rings. The van der Waals surface area contributed by atoms with Crippen molar-refractivity contribution >= 4 is 41.2 Å². The van der Waals surface area contributed by atoms with Crippen LogP contribution in [-0.2, 0) is 15.1 Å². The van der Waals surface area contributed by atoms with E-state index in [-0.39, 0.29) is 10.9 Å². The fourth-order valence-corrected chi connectivity index (χ4v) is 5.04. The number of nitrogens with one attached hydrogen (secondary N) is 3. The second-order valence-corrected chi connectivity index (χ2v) is 9.11. The Morgan fingerprint density at radius 2 is 1.88 bits per heavy atom. The van der Waals surface area contributed by atoms with Crippen molar-refractivity contribution in [2.24, 2.45) is 0 Å². The first kappa shape index (κ1) is 24.5. The molecule has 0 aliphatic heterocycles. The smallest absolute Gasteiger partial charge is 0.237 e. The van der Waals surface area contributed by atoms with E-state index in [4.69, 9.17) is 23.2 Å². The molecule has 0 radical (unpaired) electrons. The zero-order valence-corrected chi connectivity index (χ0v) is 19.7. The summed E-state index contributed by atoms with van der Waals surface area (Å²) in [6.45, 7) is 1.81. The van der Waals surface area contributed by atoms with Crippen molar-refractivity contribution in [3.05, 3.63) is 63.4 Å². The molecular weight excluding hydrogens is 452 g/mol. The molecule has 1 unspecified atom stereocenters. The van der Waals surface area contributed by atoms with Gasteiger partial charge in [0, 0.05) is 29.2 Å². The number of halogens is 3. The summed E-state index contributed by atoms with van der Waals surface area (Å²) in [6, 6.07) is 9.46. The lowest BCUT2D eigenvalue weighted by molar-refractivity contribution is -0.124. The molecule has 1 aliphatic carbocycles. The van der Waals surface area contributed by atoms with Gasteiger partial charge in [0.1, 0.15) is 5.82 Å². The molecule has 2 aromatic carbocycles. The quantitative estimate of drug-likeness (QED) is 0.445. The maximum atomic E-state index is 14.8. The molecule has 0 aromatic heterocycles. The highest BCUT2D eigenvalue weighted by Gasteiger charge is 2.41. The number of rotatable bonds is 8. The molecule has 3 rings (SSSR count). The van der Waals surface area contributed by atoms with Gasteiger partial charge in [-0.05, 0) is 42.2 Å². The molecule has 0 bridgehead atoms. The molecular formula is C24H28Cl2FN3O2. The van der Waals surface area contributed by atoms with Crippen molar-refractivity contribution in [2.75, 3.05) is 12.4 Å². The van der Waals surface area contributed by atoms with Crippen LogP contribution in [0.2, 0.25) is 10.0 Å². The van der Waals surface area contributed by atoms with E-state index < -0.39 is 23.3 Å². The van der Waals surface area contributed by atoms with E-state index in [1.165, 1.54) is 6.07 Å². The van der Waals surface area contributed by atoms with Crippen molar-refractivity contribution in [3.63, 3.8) is 0 Å². The van der Waals surface area contributed by atoms with E-state index in [1.807, 2.05) is 13.0 Å². The summed E-state index contributed by atoms with van der Waals surface area (Å²) < 4.78 is 14.8. The van der Waals surface area contributed by atoms with Crippen LogP contribution in [0.3, 0.4) is 0 Å². The lowest BCUT2D eigenvalue weighted by Crippen LogP contribution is -2.56. The van der Waals surface area contributed by atoms with Crippen LogP contribution < -0.4 is 16.0 Å². The van der Waals surface area contributed by atoms with Gasteiger partial charge in [-0.2, -0.15) is 0 Å². The Hall–Kier alpha value is -2.15. The normalized spacial score (nSPS) is 17.3. The van der Waals surface area contributed by atoms with Crippen molar-refractivity contribution in [1.82, 2.24) is 10.6 Å². The van der Waals surface area contributed by atoms with Gasteiger partial charge < -0.3 is 10.6 Å². The summed E-state index contributed by atoms with van der Waals surface area (Å²) in [7, 11) is 1.56. The number of hydrogen-bond acceptors (Lipinski definition) is 3. The molecule has 0 heterocycles. The number of anilines is 1. The average Bonchev–Trinajstić information content (AvgIpc) is 2.79. The summed E-state index contributed by atoms with van der Waals surface area (Å²) in [5, 5.41) is 9.56. The Bertz CT molecular complexity index is 980. The van der Waals surface area contributed by atoms with Crippen molar-refractivity contribution < 1.29 is 14.0 Å². The largest absolute Gasteiger partial charge is 0.358 e. The number of amides is 2. The van der Waals surface area contributed by atoms with Crippen LogP contribution in [-0.4, -0.2) is 25.4 Å². The van der Waals surface area contributed by atoms with Gasteiger partial charge in [0.2, 0.25) is 12.3 Å². The standard InChI is InChI=1S/C24H28Cl2FN3O2/c1-15(17-7-6-8-19(26)21(17)27)22(23(32)28-2)30-24(11-4-3-5-12-24)18-10-9-16(25)13-20(18)29-14-31/h6-10,13-15,22,30H,3-5,11-12H2,1-2H3,(H,28,32)(H,29,31)/t15-,22?/m0/s1. The Morgan fingerprint density at radius 3 is 2.53 bits per heavy atom. The van der Waals surface area contributed by atoms with Crippen molar-refractivity contribution in [3.8, 4) is 0 Å². The molecule has 2 amide bonds. The molecule has 1 aliphatic rings. The van der Waals surface area contributed by atoms with Crippen LogP contribution in [0.1, 0.15) is 56.1 Å². The van der Waals surface area contributed by atoms with E-state index in [2.05, 4.69) is 16.0 Å². The third kappa shape index (κ3) is 5.08. The predicted molar refractivity (Wildman–Crippen MR) is 127 cm³/mol. The van der Waals surface area contributed by atoms with Crippen LogP contribution in [0.15, 0.2) is 36.4 Å². The molecule has 3 N–H and O–H groups in total. The minimum absolute atomic E-state index is 0.0209. The second-order valence-electron chi connectivity index (χ2n) is 8.26. The molecule has 172 valence electrons. The van der Waals surface area contributed by atoms with E-state index in [0.29, 0.717) is 22.7 Å². The van der Waals surface area contributed by atoms with Gasteiger partial charge in [-0.1, -0.05) is 67.6 Å². The third-order valence-electron chi connectivity index (χ3n) is 6.35. The molecule has 1 saturated carbocycles. The Morgan fingerprint density at radius 1 is 1.16 bits per heavy atom. The molecule has 0 saturated heterocycles. The fraction of sp³-hybridized carbons (Fsp3) is 0.417. The SMILES string of the molecule is CNC(=O)C(NC1(c2ccc(Cl)cc2NC=O)CCCCC1)[C@@H](C)c1cccc(Cl)c1F. The van der Waals surface area contributed by atoms with Crippen molar-refractivity contribution in [2.45, 2.75) is 56.5 Å². The predicted octanol–water partition coefficient (Wildman–Crippen LogP) is 5.37. The van der Waals surface area contributed by atoms with Gasteiger partial charge in [-0.3, -0.25) is 14.9 Å². The zero-order valence-electron chi connectivity index (χ0n) is 18.2. The number of carbonyl (C=O) groups excluding carboxylic acids is 2. The number of hydrogen-bond donors (Lipinski definition) is 3. The molecule has 0 spiro atoms. The second kappa shape index (κ2) is 10.6. The zero-order chi connectivity index (χ0) is 23.3. The minimum Gasteiger partial charge on any atom is -0.358 e. The first-order valence-electron chi connectivity index (χ1n) is 10.8. The lowest BCUT2D eigenvalue weighted by atomic mass is 9.74. The maximum Gasteiger partial charge on any atom is 0.237 e. The van der Waals surface area contributed by atoms with Gasteiger partial charge >= 0.3 is 0 Å².